The number of hydrogen-bond acceptors (Lipinski definition) is 3. The van der Waals surface area contributed by atoms with Crippen LogP contribution in [0.1, 0.15) is 49.9 Å². The fourth-order valence-corrected chi connectivity index (χ4v) is 2.70. The molecule has 0 radical (unpaired) electrons. The van der Waals surface area contributed by atoms with Crippen LogP contribution < -0.4 is 10.7 Å². The van der Waals surface area contributed by atoms with Crippen molar-refractivity contribution < 1.29 is 4.79 Å². The molecule has 0 spiro atoms. The van der Waals surface area contributed by atoms with E-state index >= 15 is 0 Å². The average Bonchev–Trinajstić information content (AvgIpc) is 2.86. The molecule has 0 aliphatic heterocycles. The lowest BCUT2D eigenvalue weighted by molar-refractivity contribution is 0.0936. The molecule has 0 fully saturated rings. The maximum atomic E-state index is 12.4. The zero-order chi connectivity index (χ0) is 16.3. The quantitative estimate of drug-likeness (QED) is 0.830. The Hall–Kier alpha value is -2.11. The first-order valence-electron chi connectivity index (χ1n) is 7.78. The van der Waals surface area contributed by atoms with Gasteiger partial charge in [0.15, 0.2) is 0 Å². The van der Waals surface area contributed by atoms with Crippen molar-refractivity contribution in [1.29, 1.82) is 0 Å². The van der Waals surface area contributed by atoms with Gasteiger partial charge in [-0.05, 0) is 13.3 Å². The highest BCUT2D eigenvalue weighted by molar-refractivity contribution is 5.96. The zero-order valence-electron chi connectivity index (χ0n) is 13.7. The normalized spacial score (nSPS) is 12.5. The average molecular weight is 304 g/mol. The van der Waals surface area contributed by atoms with Crippen molar-refractivity contribution in [3.05, 3.63) is 28.2 Å². The number of aryl methyl sites for hydroxylation is 2. The van der Waals surface area contributed by atoms with E-state index in [1.807, 2.05) is 14.0 Å². The van der Waals surface area contributed by atoms with Crippen molar-refractivity contribution >= 4 is 16.9 Å². The summed E-state index contributed by atoms with van der Waals surface area (Å²) in [4.78, 5) is 24.8. The van der Waals surface area contributed by atoms with Gasteiger partial charge in [0.05, 0.1) is 11.6 Å². The molecule has 2 aromatic rings. The van der Waals surface area contributed by atoms with Gasteiger partial charge in [0.2, 0.25) is 5.43 Å². The maximum Gasteiger partial charge on any atom is 0.256 e. The van der Waals surface area contributed by atoms with E-state index in [4.69, 9.17) is 0 Å². The second-order valence-corrected chi connectivity index (χ2v) is 5.86. The van der Waals surface area contributed by atoms with E-state index in [0.29, 0.717) is 11.0 Å². The molecule has 6 nitrogen and oxygen atoms in total. The number of pyridine rings is 1. The van der Waals surface area contributed by atoms with E-state index in [0.717, 1.165) is 25.7 Å². The van der Waals surface area contributed by atoms with E-state index in [1.54, 1.807) is 22.5 Å². The van der Waals surface area contributed by atoms with Gasteiger partial charge in [-0.1, -0.05) is 26.2 Å². The summed E-state index contributed by atoms with van der Waals surface area (Å²) in [6, 6.07) is 0.0633. The molecule has 1 amide bonds. The van der Waals surface area contributed by atoms with Gasteiger partial charge in [-0.25, -0.2) is 0 Å². The second kappa shape index (κ2) is 6.77. The molecular weight excluding hydrogens is 280 g/mol. The van der Waals surface area contributed by atoms with Gasteiger partial charge in [0.25, 0.3) is 5.91 Å². The van der Waals surface area contributed by atoms with Gasteiger partial charge in [-0.2, -0.15) is 5.10 Å². The molecular formula is C16H24N4O2. The molecule has 0 saturated carbocycles. The Labute approximate surface area is 130 Å². The van der Waals surface area contributed by atoms with Gasteiger partial charge in [0, 0.05) is 26.3 Å². The summed E-state index contributed by atoms with van der Waals surface area (Å²) in [6.07, 6.45) is 7.41. The Kier molecular flexibility index (Phi) is 5.00. The highest BCUT2D eigenvalue weighted by Gasteiger charge is 2.17. The number of fused-ring (bicyclic) bond motifs is 1. The number of hydrogen-bond donors (Lipinski definition) is 1. The molecule has 1 N–H and O–H groups in total. The van der Waals surface area contributed by atoms with E-state index < -0.39 is 0 Å². The van der Waals surface area contributed by atoms with E-state index in [9.17, 15) is 9.59 Å². The topological polar surface area (TPSA) is 68.9 Å². The third kappa shape index (κ3) is 3.21. The number of carbonyl (C=O) groups excluding carboxylic acids is 1. The number of nitrogens with zero attached hydrogens (tertiary/aromatic N) is 3. The number of unbranched alkanes of at least 4 members (excludes halogenated alkanes) is 2. The SMILES string of the molecule is CCCCC[C@@H](C)NC(=O)c1cn(C)c2c(cnn2C)c1=O. The lowest BCUT2D eigenvalue weighted by Gasteiger charge is -2.14. The molecule has 0 aliphatic rings. The van der Waals surface area contributed by atoms with Crippen molar-refractivity contribution in [3.63, 3.8) is 0 Å². The first-order chi connectivity index (χ1) is 10.5. The maximum absolute atomic E-state index is 12.4. The first kappa shape index (κ1) is 16.3. The third-order valence-corrected chi connectivity index (χ3v) is 3.92. The van der Waals surface area contributed by atoms with Crippen molar-refractivity contribution in [3.8, 4) is 0 Å². The van der Waals surface area contributed by atoms with Crippen molar-refractivity contribution in [2.45, 2.75) is 45.6 Å². The van der Waals surface area contributed by atoms with Crippen LogP contribution in [0.15, 0.2) is 17.2 Å². The molecule has 0 saturated heterocycles. The Morgan fingerprint density at radius 1 is 1.36 bits per heavy atom. The predicted octanol–water partition coefficient (Wildman–Crippen LogP) is 1.97. The van der Waals surface area contributed by atoms with E-state index in [-0.39, 0.29) is 22.9 Å². The predicted molar refractivity (Wildman–Crippen MR) is 87.0 cm³/mol. The summed E-state index contributed by atoms with van der Waals surface area (Å²) in [5, 5.41) is 7.48. The summed E-state index contributed by atoms with van der Waals surface area (Å²) in [5.74, 6) is -0.310. The molecule has 0 bridgehead atoms. The van der Waals surface area contributed by atoms with Gasteiger partial charge >= 0.3 is 0 Å². The lowest BCUT2D eigenvalue weighted by Crippen LogP contribution is -2.35. The summed E-state index contributed by atoms with van der Waals surface area (Å²) in [6.45, 7) is 4.12. The highest BCUT2D eigenvalue weighted by atomic mass is 16.2. The Morgan fingerprint density at radius 2 is 2.09 bits per heavy atom. The van der Waals surface area contributed by atoms with Gasteiger partial charge in [0.1, 0.15) is 11.2 Å². The van der Waals surface area contributed by atoms with Crippen LogP contribution in [0.2, 0.25) is 0 Å². The van der Waals surface area contributed by atoms with E-state index in [1.165, 1.54) is 6.20 Å². The molecule has 2 heterocycles. The summed E-state index contributed by atoms with van der Waals surface area (Å²) < 4.78 is 3.40. The molecule has 2 rings (SSSR count). The number of aromatic nitrogens is 3. The van der Waals surface area contributed by atoms with Crippen LogP contribution in [0, 0.1) is 0 Å². The Morgan fingerprint density at radius 3 is 2.77 bits per heavy atom. The Bertz CT molecular complexity index is 730. The number of carbonyl (C=O) groups is 1. The lowest BCUT2D eigenvalue weighted by atomic mass is 10.1. The van der Waals surface area contributed by atoms with Gasteiger partial charge in [-0.3, -0.25) is 14.3 Å². The summed E-state index contributed by atoms with van der Waals surface area (Å²) >= 11 is 0. The van der Waals surface area contributed by atoms with Crippen LogP contribution in [0.3, 0.4) is 0 Å². The van der Waals surface area contributed by atoms with Crippen LogP contribution in [0.5, 0.6) is 0 Å². The number of nitrogens with one attached hydrogen (secondary N) is 1. The minimum atomic E-state index is -0.310. The molecule has 2 aromatic heterocycles. The first-order valence-corrected chi connectivity index (χ1v) is 7.78. The molecule has 22 heavy (non-hydrogen) atoms. The molecule has 120 valence electrons. The Balaban J connectivity index is 2.22. The molecule has 1 atom stereocenters. The van der Waals surface area contributed by atoms with Crippen LogP contribution >= 0.6 is 0 Å². The van der Waals surface area contributed by atoms with E-state index in [2.05, 4.69) is 17.3 Å². The second-order valence-electron chi connectivity index (χ2n) is 5.86. The third-order valence-electron chi connectivity index (χ3n) is 3.92. The number of rotatable bonds is 6. The van der Waals surface area contributed by atoms with Gasteiger partial charge < -0.3 is 9.88 Å². The number of amides is 1. The molecule has 0 aromatic carbocycles. The standard InChI is InChI=1S/C16H24N4O2/c1-5-6-7-8-11(2)18-15(22)13-10-19(3)16-12(14(13)21)9-17-20(16)4/h9-11H,5-8H2,1-4H3,(H,18,22)/t11-/m1/s1. The fourth-order valence-electron chi connectivity index (χ4n) is 2.70. The molecule has 0 aliphatic carbocycles. The molecule has 0 unspecified atom stereocenters. The summed E-state index contributed by atoms with van der Waals surface area (Å²) in [7, 11) is 3.59. The smallest absolute Gasteiger partial charge is 0.256 e. The fraction of sp³-hybridized carbons (Fsp3) is 0.562. The van der Waals surface area contributed by atoms with Crippen molar-refractivity contribution in [1.82, 2.24) is 19.7 Å². The van der Waals surface area contributed by atoms with Crippen LogP contribution in [-0.4, -0.2) is 26.3 Å². The monoisotopic (exact) mass is 304 g/mol. The van der Waals surface area contributed by atoms with Crippen molar-refractivity contribution in [2.75, 3.05) is 0 Å². The van der Waals surface area contributed by atoms with Crippen LogP contribution in [0.25, 0.3) is 11.0 Å². The molecule has 6 heteroatoms. The van der Waals surface area contributed by atoms with Crippen LogP contribution in [0.4, 0.5) is 0 Å². The summed E-state index contributed by atoms with van der Waals surface area (Å²) in [5.41, 5.74) is 0.613. The van der Waals surface area contributed by atoms with Crippen molar-refractivity contribution in [2.24, 2.45) is 14.1 Å². The highest BCUT2D eigenvalue weighted by Crippen LogP contribution is 2.10. The minimum Gasteiger partial charge on any atom is -0.349 e. The van der Waals surface area contributed by atoms with Gasteiger partial charge in [-0.15, -0.1) is 0 Å². The van der Waals surface area contributed by atoms with Crippen LogP contribution in [-0.2, 0) is 14.1 Å². The minimum absolute atomic E-state index is 0.0633. The zero-order valence-corrected chi connectivity index (χ0v) is 13.7. The largest absolute Gasteiger partial charge is 0.349 e.